The largest absolute Gasteiger partial charge is 0.339 e. The van der Waals surface area contributed by atoms with Crippen LogP contribution in [-0.2, 0) is 11.3 Å². The van der Waals surface area contributed by atoms with Crippen LogP contribution >= 0.6 is 11.3 Å². The van der Waals surface area contributed by atoms with E-state index in [9.17, 15) is 4.79 Å². The fourth-order valence-corrected chi connectivity index (χ4v) is 3.35. The molecule has 1 aliphatic rings. The summed E-state index contributed by atoms with van der Waals surface area (Å²) in [4.78, 5) is 18.2. The number of thiophene rings is 1. The zero-order chi connectivity index (χ0) is 14.5. The Hall–Kier alpha value is -0.910. The molecule has 0 aromatic carbocycles. The van der Waals surface area contributed by atoms with Gasteiger partial charge in [-0.15, -0.1) is 11.3 Å². The van der Waals surface area contributed by atoms with E-state index in [1.165, 1.54) is 4.88 Å². The zero-order valence-corrected chi connectivity index (χ0v) is 13.4. The summed E-state index contributed by atoms with van der Waals surface area (Å²) in [6.07, 6.45) is 0. The fourth-order valence-electron chi connectivity index (χ4n) is 2.64. The first kappa shape index (κ1) is 15.5. The van der Waals surface area contributed by atoms with Gasteiger partial charge in [0.05, 0.1) is 6.04 Å². The average molecular weight is 295 g/mol. The number of hydrogen-bond donors (Lipinski definition) is 1. The van der Waals surface area contributed by atoms with E-state index in [0.717, 1.165) is 32.7 Å². The Kier molecular flexibility index (Phi) is 5.57. The maximum atomic E-state index is 12.6. The van der Waals surface area contributed by atoms with Crippen LogP contribution in [0, 0.1) is 0 Å². The SMILES string of the molecule is CC(C)N(Cc1cccs1)C(C)C(=O)N1CCNCC1. The molecule has 0 radical (unpaired) electrons. The van der Waals surface area contributed by atoms with Crippen molar-refractivity contribution >= 4 is 17.2 Å². The van der Waals surface area contributed by atoms with Gasteiger partial charge in [-0.05, 0) is 32.2 Å². The number of nitrogens with zero attached hydrogens (tertiary/aromatic N) is 2. The molecule has 112 valence electrons. The van der Waals surface area contributed by atoms with Gasteiger partial charge in [0.1, 0.15) is 0 Å². The molecule has 0 saturated carbocycles. The maximum Gasteiger partial charge on any atom is 0.239 e. The average Bonchev–Trinajstić information content (AvgIpc) is 2.97. The van der Waals surface area contributed by atoms with Crippen LogP contribution in [0.4, 0.5) is 0 Å². The number of nitrogens with one attached hydrogen (secondary N) is 1. The molecular weight excluding hydrogens is 270 g/mol. The predicted molar refractivity (Wildman–Crippen MR) is 83.9 cm³/mol. The van der Waals surface area contributed by atoms with E-state index in [-0.39, 0.29) is 11.9 Å². The summed E-state index contributed by atoms with van der Waals surface area (Å²) in [5.41, 5.74) is 0. The molecule has 1 unspecified atom stereocenters. The van der Waals surface area contributed by atoms with E-state index < -0.39 is 0 Å². The number of amides is 1. The van der Waals surface area contributed by atoms with Crippen molar-refractivity contribution < 1.29 is 4.79 Å². The molecule has 1 N–H and O–H groups in total. The summed E-state index contributed by atoms with van der Waals surface area (Å²) < 4.78 is 0. The first-order chi connectivity index (χ1) is 9.59. The highest BCUT2D eigenvalue weighted by atomic mass is 32.1. The van der Waals surface area contributed by atoms with E-state index >= 15 is 0 Å². The minimum Gasteiger partial charge on any atom is -0.339 e. The molecule has 2 rings (SSSR count). The molecule has 5 heteroatoms. The van der Waals surface area contributed by atoms with Crippen molar-refractivity contribution in [1.82, 2.24) is 15.1 Å². The summed E-state index contributed by atoms with van der Waals surface area (Å²) in [6.45, 7) is 10.7. The normalized spacial score (nSPS) is 17.8. The lowest BCUT2D eigenvalue weighted by Gasteiger charge is -2.36. The lowest BCUT2D eigenvalue weighted by atomic mass is 10.1. The second-order valence-corrected chi connectivity index (χ2v) is 6.63. The number of rotatable bonds is 5. The molecule has 1 fully saturated rings. The van der Waals surface area contributed by atoms with Crippen molar-refractivity contribution in [2.75, 3.05) is 26.2 Å². The van der Waals surface area contributed by atoms with Crippen molar-refractivity contribution in [3.8, 4) is 0 Å². The van der Waals surface area contributed by atoms with Crippen molar-refractivity contribution in [2.45, 2.75) is 39.4 Å². The number of carbonyl (C=O) groups is 1. The molecule has 0 spiro atoms. The topological polar surface area (TPSA) is 35.6 Å². The predicted octanol–water partition coefficient (Wildman–Crippen LogP) is 1.78. The Bertz CT molecular complexity index is 413. The standard InChI is InChI=1S/C15H25N3OS/c1-12(2)18(11-14-5-4-10-20-14)13(3)15(19)17-8-6-16-7-9-17/h4-5,10,12-13,16H,6-9,11H2,1-3H3. The summed E-state index contributed by atoms with van der Waals surface area (Å²) in [6, 6.07) is 4.51. The van der Waals surface area contributed by atoms with Crippen LogP contribution in [0.15, 0.2) is 17.5 Å². The molecule has 1 atom stereocenters. The van der Waals surface area contributed by atoms with Gasteiger partial charge in [-0.25, -0.2) is 0 Å². The summed E-state index contributed by atoms with van der Waals surface area (Å²) in [7, 11) is 0. The van der Waals surface area contributed by atoms with Gasteiger partial charge < -0.3 is 10.2 Å². The van der Waals surface area contributed by atoms with E-state index in [2.05, 4.69) is 41.6 Å². The molecule has 2 heterocycles. The summed E-state index contributed by atoms with van der Waals surface area (Å²) in [5, 5.41) is 5.38. The highest BCUT2D eigenvalue weighted by molar-refractivity contribution is 7.09. The third-order valence-electron chi connectivity index (χ3n) is 3.87. The van der Waals surface area contributed by atoms with E-state index in [1.54, 1.807) is 11.3 Å². The number of piperazine rings is 1. The van der Waals surface area contributed by atoms with E-state index in [4.69, 9.17) is 0 Å². The smallest absolute Gasteiger partial charge is 0.239 e. The fraction of sp³-hybridized carbons (Fsp3) is 0.667. The Morgan fingerprint density at radius 2 is 2.10 bits per heavy atom. The van der Waals surface area contributed by atoms with Gasteiger partial charge >= 0.3 is 0 Å². The maximum absolute atomic E-state index is 12.6. The van der Waals surface area contributed by atoms with Crippen molar-refractivity contribution in [3.63, 3.8) is 0 Å². The molecule has 1 aliphatic heterocycles. The van der Waals surface area contributed by atoms with Gasteiger partial charge in [-0.2, -0.15) is 0 Å². The van der Waals surface area contributed by atoms with Gasteiger partial charge in [0, 0.05) is 43.6 Å². The van der Waals surface area contributed by atoms with Crippen LogP contribution in [0.3, 0.4) is 0 Å². The van der Waals surface area contributed by atoms with Crippen molar-refractivity contribution in [3.05, 3.63) is 22.4 Å². The van der Waals surface area contributed by atoms with Crippen LogP contribution in [0.2, 0.25) is 0 Å². The minimum absolute atomic E-state index is 0.0600. The Labute approximate surface area is 125 Å². The second kappa shape index (κ2) is 7.20. The van der Waals surface area contributed by atoms with E-state index in [0.29, 0.717) is 6.04 Å². The highest BCUT2D eigenvalue weighted by Gasteiger charge is 2.28. The van der Waals surface area contributed by atoms with Crippen LogP contribution in [0.1, 0.15) is 25.6 Å². The van der Waals surface area contributed by atoms with E-state index in [1.807, 2.05) is 11.8 Å². The van der Waals surface area contributed by atoms with Crippen LogP contribution in [0.5, 0.6) is 0 Å². The highest BCUT2D eigenvalue weighted by Crippen LogP contribution is 2.17. The first-order valence-electron chi connectivity index (χ1n) is 7.37. The van der Waals surface area contributed by atoms with Crippen LogP contribution in [-0.4, -0.2) is 54.0 Å². The minimum atomic E-state index is -0.0600. The molecular formula is C15H25N3OS. The molecule has 1 saturated heterocycles. The molecule has 1 aromatic heterocycles. The lowest BCUT2D eigenvalue weighted by Crippen LogP contribution is -2.54. The second-order valence-electron chi connectivity index (χ2n) is 5.60. The summed E-state index contributed by atoms with van der Waals surface area (Å²) in [5.74, 6) is 0.261. The third-order valence-corrected chi connectivity index (χ3v) is 4.73. The summed E-state index contributed by atoms with van der Waals surface area (Å²) >= 11 is 1.76. The van der Waals surface area contributed by atoms with Crippen LogP contribution in [0.25, 0.3) is 0 Å². The number of carbonyl (C=O) groups excluding carboxylic acids is 1. The Morgan fingerprint density at radius 1 is 1.40 bits per heavy atom. The van der Waals surface area contributed by atoms with Gasteiger partial charge in [0.2, 0.25) is 5.91 Å². The molecule has 1 amide bonds. The first-order valence-corrected chi connectivity index (χ1v) is 8.25. The number of hydrogen-bond acceptors (Lipinski definition) is 4. The molecule has 0 aliphatic carbocycles. The van der Waals surface area contributed by atoms with Crippen molar-refractivity contribution in [1.29, 1.82) is 0 Å². The Balaban J connectivity index is 2.01. The molecule has 0 bridgehead atoms. The van der Waals surface area contributed by atoms with Gasteiger partial charge in [-0.3, -0.25) is 9.69 Å². The monoisotopic (exact) mass is 295 g/mol. The quantitative estimate of drug-likeness (QED) is 0.899. The Morgan fingerprint density at radius 3 is 2.65 bits per heavy atom. The van der Waals surface area contributed by atoms with Gasteiger partial charge in [0.15, 0.2) is 0 Å². The van der Waals surface area contributed by atoms with Gasteiger partial charge in [0.25, 0.3) is 0 Å². The zero-order valence-electron chi connectivity index (χ0n) is 12.6. The lowest BCUT2D eigenvalue weighted by molar-refractivity contribution is -0.138. The van der Waals surface area contributed by atoms with Crippen molar-refractivity contribution in [2.24, 2.45) is 0 Å². The van der Waals surface area contributed by atoms with Crippen LogP contribution < -0.4 is 5.32 Å². The molecule has 4 nitrogen and oxygen atoms in total. The molecule has 1 aromatic rings. The molecule has 20 heavy (non-hydrogen) atoms. The third kappa shape index (κ3) is 3.81. The van der Waals surface area contributed by atoms with Gasteiger partial charge in [-0.1, -0.05) is 6.07 Å².